The van der Waals surface area contributed by atoms with E-state index in [-0.39, 0.29) is 24.3 Å². The van der Waals surface area contributed by atoms with Crippen molar-refractivity contribution in [2.75, 3.05) is 19.6 Å². The van der Waals surface area contributed by atoms with E-state index >= 15 is 0 Å². The maximum absolute atomic E-state index is 12.1. The van der Waals surface area contributed by atoms with Crippen LogP contribution in [-0.2, 0) is 15.0 Å². The van der Waals surface area contributed by atoms with Crippen LogP contribution in [0.3, 0.4) is 0 Å². The van der Waals surface area contributed by atoms with E-state index in [0.717, 1.165) is 12.8 Å². The van der Waals surface area contributed by atoms with Gasteiger partial charge in [0.05, 0.1) is 6.04 Å². The summed E-state index contributed by atoms with van der Waals surface area (Å²) in [5.74, 6) is 0.126. The maximum Gasteiger partial charge on any atom is 0.274 e. The Kier molecular flexibility index (Phi) is 5.72. The van der Waals surface area contributed by atoms with E-state index in [1.54, 1.807) is 4.90 Å². The Labute approximate surface area is 114 Å². The van der Waals surface area contributed by atoms with Crippen LogP contribution in [0, 0.1) is 11.8 Å². The SMILES string of the molecule is CC(C)C(N)C(=O)N1CCCC(CNS(N)(=O)=O)C1. The van der Waals surface area contributed by atoms with Gasteiger partial charge in [-0.3, -0.25) is 4.79 Å². The average Bonchev–Trinajstić information content (AvgIpc) is 2.34. The number of nitrogens with two attached hydrogens (primary N) is 2. The van der Waals surface area contributed by atoms with Crippen molar-refractivity contribution in [2.24, 2.45) is 22.7 Å². The highest BCUT2D eigenvalue weighted by Gasteiger charge is 2.28. The summed E-state index contributed by atoms with van der Waals surface area (Å²) < 4.78 is 24.0. The second-order valence-electron chi connectivity index (χ2n) is 5.46. The number of hydrogen-bond acceptors (Lipinski definition) is 4. The van der Waals surface area contributed by atoms with Gasteiger partial charge >= 0.3 is 0 Å². The van der Waals surface area contributed by atoms with Crippen molar-refractivity contribution in [1.82, 2.24) is 9.62 Å². The third-order valence-corrected chi connectivity index (χ3v) is 3.98. The van der Waals surface area contributed by atoms with Gasteiger partial charge in [0, 0.05) is 19.6 Å². The molecule has 0 spiro atoms. The van der Waals surface area contributed by atoms with Gasteiger partial charge < -0.3 is 10.6 Å². The molecular formula is C11H24N4O3S. The Morgan fingerprint density at radius 3 is 2.63 bits per heavy atom. The molecule has 0 radical (unpaired) electrons. The first-order chi connectivity index (χ1) is 8.70. The van der Waals surface area contributed by atoms with Crippen molar-refractivity contribution in [3.8, 4) is 0 Å². The van der Waals surface area contributed by atoms with Crippen molar-refractivity contribution in [3.63, 3.8) is 0 Å². The van der Waals surface area contributed by atoms with Crippen LogP contribution in [0.1, 0.15) is 26.7 Å². The largest absolute Gasteiger partial charge is 0.341 e. The van der Waals surface area contributed by atoms with E-state index in [9.17, 15) is 13.2 Å². The zero-order chi connectivity index (χ0) is 14.6. The topological polar surface area (TPSA) is 119 Å². The van der Waals surface area contributed by atoms with E-state index < -0.39 is 16.3 Å². The minimum absolute atomic E-state index is 0.0599. The summed E-state index contributed by atoms with van der Waals surface area (Å²) in [5, 5.41) is 4.90. The molecule has 1 fully saturated rings. The zero-order valence-electron chi connectivity index (χ0n) is 11.5. The normalized spacial score (nSPS) is 22.6. The van der Waals surface area contributed by atoms with Crippen molar-refractivity contribution in [1.29, 1.82) is 0 Å². The molecule has 1 amide bonds. The fourth-order valence-corrected chi connectivity index (χ4v) is 2.63. The first-order valence-corrected chi connectivity index (χ1v) is 8.07. The molecule has 0 aliphatic carbocycles. The molecule has 1 heterocycles. The summed E-state index contributed by atoms with van der Waals surface area (Å²) in [6.45, 7) is 5.30. The predicted molar refractivity (Wildman–Crippen MR) is 73.2 cm³/mol. The first-order valence-electron chi connectivity index (χ1n) is 6.52. The highest BCUT2D eigenvalue weighted by Crippen LogP contribution is 2.17. The Bertz CT molecular complexity index is 410. The van der Waals surface area contributed by atoms with E-state index in [2.05, 4.69) is 4.72 Å². The average molecular weight is 292 g/mol. The van der Waals surface area contributed by atoms with Crippen LogP contribution >= 0.6 is 0 Å². The lowest BCUT2D eigenvalue weighted by molar-refractivity contribution is -0.135. The van der Waals surface area contributed by atoms with E-state index in [1.807, 2.05) is 13.8 Å². The van der Waals surface area contributed by atoms with Crippen LogP contribution < -0.4 is 15.6 Å². The lowest BCUT2D eigenvalue weighted by Crippen LogP contribution is -2.51. The van der Waals surface area contributed by atoms with E-state index in [4.69, 9.17) is 10.9 Å². The standard InChI is InChI=1S/C11H24N4O3S/c1-8(2)10(12)11(16)15-5-3-4-9(7-15)6-14-19(13,17)18/h8-10,14H,3-7,12H2,1-2H3,(H2,13,17,18). The number of amides is 1. The summed E-state index contributed by atoms with van der Waals surface area (Å²) >= 11 is 0. The van der Waals surface area contributed by atoms with Crippen LogP contribution in [-0.4, -0.2) is 44.9 Å². The van der Waals surface area contributed by atoms with Gasteiger partial charge in [0.1, 0.15) is 0 Å². The monoisotopic (exact) mass is 292 g/mol. The van der Waals surface area contributed by atoms with Crippen LogP contribution in [0.4, 0.5) is 0 Å². The summed E-state index contributed by atoms with van der Waals surface area (Å²) in [5.41, 5.74) is 5.86. The van der Waals surface area contributed by atoms with Crippen molar-refractivity contribution in [3.05, 3.63) is 0 Å². The van der Waals surface area contributed by atoms with Crippen molar-refractivity contribution < 1.29 is 13.2 Å². The smallest absolute Gasteiger partial charge is 0.274 e. The van der Waals surface area contributed by atoms with E-state index in [0.29, 0.717) is 13.1 Å². The molecule has 2 atom stereocenters. The Morgan fingerprint density at radius 2 is 2.11 bits per heavy atom. The zero-order valence-corrected chi connectivity index (χ0v) is 12.3. The second kappa shape index (κ2) is 6.65. The number of nitrogens with one attached hydrogen (secondary N) is 1. The summed E-state index contributed by atoms with van der Waals surface area (Å²) in [4.78, 5) is 13.8. The van der Waals surface area contributed by atoms with Gasteiger partial charge in [-0.2, -0.15) is 8.42 Å². The lowest BCUT2D eigenvalue weighted by Gasteiger charge is -2.35. The fourth-order valence-electron chi connectivity index (χ4n) is 2.16. The van der Waals surface area contributed by atoms with Gasteiger partial charge in [-0.15, -0.1) is 0 Å². The predicted octanol–water partition coefficient (Wildman–Crippen LogP) is -0.999. The number of hydrogen-bond donors (Lipinski definition) is 3. The van der Waals surface area contributed by atoms with Gasteiger partial charge in [0.15, 0.2) is 0 Å². The van der Waals surface area contributed by atoms with Crippen LogP contribution in [0.2, 0.25) is 0 Å². The number of likely N-dealkylation sites (tertiary alicyclic amines) is 1. The highest BCUT2D eigenvalue weighted by molar-refractivity contribution is 7.87. The van der Waals surface area contributed by atoms with E-state index in [1.165, 1.54) is 0 Å². The molecule has 1 saturated heterocycles. The molecule has 1 aliphatic heterocycles. The molecule has 1 aliphatic rings. The molecule has 0 aromatic heterocycles. The quantitative estimate of drug-likeness (QED) is 0.602. The van der Waals surface area contributed by atoms with Gasteiger partial charge in [0.25, 0.3) is 10.2 Å². The Hall–Kier alpha value is -0.700. The maximum atomic E-state index is 12.1. The molecule has 0 bridgehead atoms. The molecule has 8 heteroatoms. The summed E-state index contributed by atoms with van der Waals surface area (Å²) in [6.07, 6.45) is 1.73. The Morgan fingerprint density at radius 1 is 1.47 bits per heavy atom. The number of carbonyl (C=O) groups excluding carboxylic acids is 1. The minimum Gasteiger partial charge on any atom is -0.341 e. The van der Waals surface area contributed by atoms with Crippen LogP contribution in [0.25, 0.3) is 0 Å². The second-order valence-corrected chi connectivity index (χ2v) is 6.83. The Balaban J connectivity index is 2.52. The summed E-state index contributed by atoms with van der Waals surface area (Å²) in [6, 6.07) is -0.495. The number of piperidine rings is 1. The van der Waals surface area contributed by atoms with Crippen LogP contribution in [0.5, 0.6) is 0 Å². The molecule has 0 saturated carbocycles. The minimum atomic E-state index is -3.67. The number of rotatable bonds is 5. The lowest BCUT2D eigenvalue weighted by atomic mass is 9.96. The number of nitrogens with zero attached hydrogens (tertiary/aromatic N) is 1. The van der Waals surface area contributed by atoms with Crippen LogP contribution in [0.15, 0.2) is 0 Å². The third-order valence-electron chi connectivity index (χ3n) is 3.41. The first kappa shape index (κ1) is 16.4. The molecule has 19 heavy (non-hydrogen) atoms. The van der Waals surface area contributed by atoms with Crippen molar-refractivity contribution >= 4 is 16.1 Å². The molecule has 5 N–H and O–H groups in total. The van der Waals surface area contributed by atoms with Gasteiger partial charge in [-0.1, -0.05) is 13.8 Å². The summed E-state index contributed by atoms with van der Waals surface area (Å²) in [7, 11) is -3.67. The van der Waals surface area contributed by atoms with Gasteiger partial charge in [-0.25, -0.2) is 9.86 Å². The van der Waals surface area contributed by atoms with Gasteiger partial charge in [-0.05, 0) is 24.7 Å². The molecule has 2 unspecified atom stereocenters. The molecule has 112 valence electrons. The molecule has 0 aromatic rings. The van der Waals surface area contributed by atoms with Gasteiger partial charge in [0.2, 0.25) is 5.91 Å². The molecule has 1 rings (SSSR count). The molecule has 7 nitrogen and oxygen atoms in total. The van der Waals surface area contributed by atoms with Crippen molar-refractivity contribution in [2.45, 2.75) is 32.7 Å². The third kappa shape index (κ3) is 5.43. The molecule has 0 aromatic carbocycles. The fraction of sp³-hybridized carbons (Fsp3) is 0.909. The highest BCUT2D eigenvalue weighted by atomic mass is 32.2. The number of carbonyl (C=O) groups is 1. The molecular weight excluding hydrogens is 268 g/mol.